The highest BCUT2D eigenvalue weighted by Crippen LogP contribution is 2.24. The van der Waals surface area contributed by atoms with E-state index >= 15 is 0 Å². The zero-order chi connectivity index (χ0) is 15.2. The zero-order valence-electron chi connectivity index (χ0n) is 11.7. The number of hydrogen-bond donors (Lipinski definition) is 1. The number of hydrogen-bond acceptors (Lipinski definition) is 4. The van der Waals surface area contributed by atoms with Gasteiger partial charge >= 0.3 is 0 Å². The lowest BCUT2D eigenvalue weighted by molar-refractivity contribution is -0.114. The molecular weight excluding hydrogens is 304 g/mol. The third-order valence-electron chi connectivity index (χ3n) is 2.68. The van der Waals surface area contributed by atoms with E-state index in [9.17, 15) is 9.59 Å². The highest BCUT2D eigenvalue weighted by molar-refractivity contribution is 7.18. The van der Waals surface area contributed by atoms with Gasteiger partial charge in [-0.1, -0.05) is 12.1 Å². The number of anilines is 1. The van der Waals surface area contributed by atoms with E-state index in [4.69, 9.17) is 0 Å². The van der Waals surface area contributed by atoms with Gasteiger partial charge in [0.1, 0.15) is 0 Å². The predicted molar refractivity (Wildman–Crippen MR) is 87.9 cm³/mol. The Morgan fingerprint density at radius 2 is 2.19 bits per heavy atom. The molecule has 0 spiro atoms. The standard InChI is InChI=1S/C15H16N2O2S2/c1-3-8-17(10-12-5-4-9-20-12)15(19)13-6-7-14(21-13)16-11(2)18/h3-7,9H,1,8,10H2,2H3,(H,16,18). The van der Waals surface area contributed by atoms with Crippen LogP contribution in [-0.4, -0.2) is 23.3 Å². The average molecular weight is 320 g/mol. The molecule has 2 aromatic rings. The molecule has 0 fully saturated rings. The van der Waals surface area contributed by atoms with Gasteiger partial charge in [-0.15, -0.1) is 29.3 Å². The number of nitrogens with zero attached hydrogens (tertiary/aromatic N) is 1. The molecule has 2 rings (SSSR count). The Balaban J connectivity index is 2.11. The van der Waals surface area contributed by atoms with E-state index in [0.29, 0.717) is 23.0 Å². The SMILES string of the molecule is C=CCN(Cc1cccs1)C(=O)c1ccc(NC(C)=O)s1. The summed E-state index contributed by atoms with van der Waals surface area (Å²) in [6, 6.07) is 7.46. The van der Waals surface area contributed by atoms with Gasteiger partial charge in [0.25, 0.3) is 5.91 Å². The van der Waals surface area contributed by atoms with E-state index in [1.165, 1.54) is 18.3 Å². The quantitative estimate of drug-likeness (QED) is 0.827. The molecule has 0 radical (unpaired) electrons. The van der Waals surface area contributed by atoms with Crippen molar-refractivity contribution in [2.75, 3.05) is 11.9 Å². The van der Waals surface area contributed by atoms with Crippen molar-refractivity contribution in [3.05, 3.63) is 52.1 Å². The molecule has 0 saturated carbocycles. The van der Waals surface area contributed by atoms with Gasteiger partial charge in [-0.25, -0.2) is 0 Å². The smallest absolute Gasteiger partial charge is 0.264 e. The Kier molecular flexibility index (Phi) is 5.30. The molecule has 4 nitrogen and oxygen atoms in total. The molecule has 21 heavy (non-hydrogen) atoms. The number of thiophene rings is 2. The van der Waals surface area contributed by atoms with Crippen LogP contribution in [0.3, 0.4) is 0 Å². The highest BCUT2D eigenvalue weighted by Gasteiger charge is 2.17. The fourth-order valence-corrected chi connectivity index (χ4v) is 3.45. The van der Waals surface area contributed by atoms with E-state index in [1.807, 2.05) is 17.5 Å². The Morgan fingerprint density at radius 1 is 1.38 bits per heavy atom. The predicted octanol–water partition coefficient (Wildman–Crippen LogP) is 3.60. The molecule has 0 aromatic carbocycles. The van der Waals surface area contributed by atoms with E-state index in [2.05, 4.69) is 11.9 Å². The summed E-state index contributed by atoms with van der Waals surface area (Å²) in [6.45, 7) is 6.21. The third-order valence-corrected chi connectivity index (χ3v) is 4.53. The van der Waals surface area contributed by atoms with Crippen LogP contribution in [-0.2, 0) is 11.3 Å². The summed E-state index contributed by atoms with van der Waals surface area (Å²) in [5, 5.41) is 5.36. The van der Waals surface area contributed by atoms with Crippen molar-refractivity contribution in [1.29, 1.82) is 0 Å². The monoisotopic (exact) mass is 320 g/mol. The minimum Gasteiger partial charge on any atom is -0.329 e. The normalized spacial score (nSPS) is 10.1. The van der Waals surface area contributed by atoms with Gasteiger partial charge in [0.2, 0.25) is 5.91 Å². The van der Waals surface area contributed by atoms with Crippen molar-refractivity contribution < 1.29 is 9.59 Å². The summed E-state index contributed by atoms with van der Waals surface area (Å²) < 4.78 is 0. The van der Waals surface area contributed by atoms with Crippen LogP contribution >= 0.6 is 22.7 Å². The van der Waals surface area contributed by atoms with Crippen LogP contribution in [0, 0.1) is 0 Å². The van der Waals surface area contributed by atoms with Crippen LogP contribution in [0.1, 0.15) is 21.5 Å². The Hall–Kier alpha value is -1.92. The highest BCUT2D eigenvalue weighted by atomic mass is 32.1. The Morgan fingerprint density at radius 3 is 2.81 bits per heavy atom. The number of amides is 2. The fourth-order valence-electron chi connectivity index (χ4n) is 1.82. The minimum absolute atomic E-state index is 0.0510. The van der Waals surface area contributed by atoms with E-state index in [0.717, 1.165) is 4.88 Å². The van der Waals surface area contributed by atoms with Gasteiger partial charge in [0.15, 0.2) is 0 Å². The first-order chi connectivity index (χ1) is 10.1. The van der Waals surface area contributed by atoms with Gasteiger partial charge in [-0.05, 0) is 23.6 Å². The molecule has 110 valence electrons. The molecular formula is C15H16N2O2S2. The van der Waals surface area contributed by atoms with Crippen molar-refractivity contribution in [1.82, 2.24) is 4.90 Å². The summed E-state index contributed by atoms with van der Waals surface area (Å²) >= 11 is 2.90. The lowest BCUT2D eigenvalue weighted by Gasteiger charge is -2.19. The molecule has 2 amide bonds. The van der Waals surface area contributed by atoms with Crippen molar-refractivity contribution in [2.45, 2.75) is 13.5 Å². The van der Waals surface area contributed by atoms with Crippen molar-refractivity contribution in [3.63, 3.8) is 0 Å². The van der Waals surface area contributed by atoms with Crippen molar-refractivity contribution >= 4 is 39.5 Å². The second kappa shape index (κ2) is 7.19. The fraction of sp³-hybridized carbons (Fsp3) is 0.200. The van der Waals surface area contributed by atoms with E-state index < -0.39 is 0 Å². The number of nitrogens with one attached hydrogen (secondary N) is 1. The topological polar surface area (TPSA) is 49.4 Å². The molecule has 0 aliphatic rings. The first-order valence-electron chi connectivity index (χ1n) is 6.40. The van der Waals surface area contributed by atoms with Crippen LogP contribution in [0.15, 0.2) is 42.3 Å². The van der Waals surface area contributed by atoms with E-state index in [1.54, 1.807) is 34.4 Å². The van der Waals surface area contributed by atoms with Gasteiger partial charge in [0, 0.05) is 18.3 Å². The molecule has 0 bridgehead atoms. The maximum absolute atomic E-state index is 12.5. The number of carbonyl (C=O) groups is 2. The number of rotatable bonds is 6. The summed E-state index contributed by atoms with van der Waals surface area (Å²) in [7, 11) is 0. The lowest BCUT2D eigenvalue weighted by Crippen LogP contribution is -2.29. The summed E-state index contributed by atoms with van der Waals surface area (Å²) in [5.74, 6) is -0.192. The van der Waals surface area contributed by atoms with Crippen LogP contribution in [0.4, 0.5) is 5.00 Å². The molecule has 2 heterocycles. The molecule has 0 aliphatic carbocycles. The first-order valence-corrected chi connectivity index (χ1v) is 8.09. The summed E-state index contributed by atoms with van der Waals surface area (Å²) in [4.78, 5) is 27.0. The second-order valence-electron chi connectivity index (χ2n) is 4.40. The van der Waals surface area contributed by atoms with Crippen molar-refractivity contribution in [3.8, 4) is 0 Å². The number of carbonyl (C=O) groups excluding carboxylic acids is 2. The van der Waals surface area contributed by atoms with Gasteiger partial charge < -0.3 is 10.2 Å². The van der Waals surface area contributed by atoms with Gasteiger partial charge in [-0.2, -0.15) is 0 Å². The maximum atomic E-state index is 12.5. The Labute approximate surface area is 131 Å². The molecule has 0 aliphatic heterocycles. The van der Waals surface area contributed by atoms with Crippen molar-refractivity contribution in [2.24, 2.45) is 0 Å². The molecule has 1 N–H and O–H groups in total. The molecule has 2 aromatic heterocycles. The summed E-state index contributed by atoms with van der Waals surface area (Å²) in [6.07, 6.45) is 1.72. The van der Waals surface area contributed by atoms with Crippen LogP contribution in [0.2, 0.25) is 0 Å². The van der Waals surface area contributed by atoms with E-state index in [-0.39, 0.29) is 11.8 Å². The molecule has 6 heteroatoms. The minimum atomic E-state index is -0.141. The Bertz CT molecular complexity index is 632. The largest absolute Gasteiger partial charge is 0.329 e. The lowest BCUT2D eigenvalue weighted by atomic mass is 10.3. The van der Waals surface area contributed by atoms with Crippen LogP contribution < -0.4 is 5.32 Å². The zero-order valence-corrected chi connectivity index (χ0v) is 13.3. The van der Waals surface area contributed by atoms with Gasteiger partial charge in [0.05, 0.1) is 16.4 Å². The average Bonchev–Trinajstić information content (AvgIpc) is 3.08. The maximum Gasteiger partial charge on any atom is 0.264 e. The molecule has 0 atom stereocenters. The van der Waals surface area contributed by atoms with Crippen LogP contribution in [0.25, 0.3) is 0 Å². The second-order valence-corrected chi connectivity index (χ2v) is 6.51. The summed E-state index contributed by atoms with van der Waals surface area (Å²) in [5.41, 5.74) is 0. The van der Waals surface area contributed by atoms with Crippen LogP contribution in [0.5, 0.6) is 0 Å². The third kappa shape index (κ3) is 4.27. The first kappa shape index (κ1) is 15.5. The van der Waals surface area contributed by atoms with Gasteiger partial charge in [-0.3, -0.25) is 9.59 Å². The molecule has 0 unspecified atom stereocenters. The molecule has 0 saturated heterocycles.